The minimum absolute atomic E-state index is 0.255. The molecule has 0 bridgehead atoms. The van der Waals surface area contributed by atoms with E-state index in [-0.39, 0.29) is 5.78 Å². The summed E-state index contributed by atoms with van der Waals surface area (Å²) in [6, 6.07) is 15.0. The first-order valence-corrected chi connectivity index (χ1v) is 13.9. The normalized spacial score (nSPS) is 17.1. The van der Waals surface area contributed by atoms with Crippen molar-refractivity contribution in [2.45, 2.75) is 72.3 Å². The average Bonchev–Trinajstić information content (AvgIpc) is 3.40. The van der Waals surface area contributed by atoms with Crippen molar-refractivity contribution in [3.05, 3.63) is 83.6 Å². The predicted molar refractivity (Wildman–Crippen MR) is 155 cm³/mol. The van der Waals surface area contributed by atoms with Crippen LogP contribution in [0.5, 0.6) is 0 Å². The van der Waals surface area contributed by atoms with Crippen LogP contribution in [0.15, 0.2) is 66.8 Å². The zero-order valence-corrected chi connectivity index (χ0v) is 22.7. The molecule has 1 saturated heterocycles. The summed E-state index contributed by atoms with van der Waals surface area (Å²) in [5.74, 6) is 1.02. The summed E-state index contributed by atoms with van der Waals surface area (Å²) in [6.45, 7) is 9.36. The number of likely N-dealkylation sites (tertiary alicyclic amines) is 1. The maximum atomic E-state index is 11.3. The number of Topliss-reactive ketones (excluding diaryl/α,β-unsaturated/α-hetero) is 1. The van der Waals surface area contributed by atoms with Gasteiger partial charge < -0.3 is 4.79 Å². The smallest absolute Gasteiger partial charge is 0.129 e. The molecule has 0 amide bonds. The van der Waals surface area contributed by atoms with E-state index in [1.165, 1.54) is 43.5 Å². The molecule has 2 aliphatic rings. The van der Waals surface area contributed by atoms with Crippen LogP contribution in [0.2, 0.25) is 0 Å². The van der Waals surface area contributed by atoms with Gasteiger partial charge >= 0.3 is 0 Å². The minimum atomic E-state index is 0.255. The Labute approximate surface area is 222 Å². The molecule has 4 nitrogen and oxygen atoms in total. The van der Waals surface area contributed by atoms with Gasteiger partial charge in [-0.3, -0.25) is 4.90 Å². The van der Waals surface area contributed by atoms with E-state index < -0.39 is 0 Å². The average molecular weight is 496 g/mol. The van der Waals surface area contributed by atoms with E-state index in [9.17, 15) is 4.79 Å². The fourth-order valence-electron chi connectivity index (χ4n) is 4.92. The zero-order valence-electron chi connectivity index (χ0n) is 22.7. The largest absolute Gasteiger partial charge is 0.300 e. The van der Waals surface area contributed by atoms with Gasteiger partial charge in [0.25, 0.3) is 0 Å². The van der Waals surface area contributed by atoms with Gasteiger partial charge in [-0.2, -0.15) is 0 Å². The van der Waals surface area contributed by atoms with Crippen LogP contribution in [0, 0.1) is 12.8 Å². The van der Waals surface area contributed by atoms with Crippen molar-refractivity contribution in [2.75, 3.05) is 13.1 Å². The number of hydrogen-bond donors (Lipinski definition) is 0. The second-order valence-corrected chi connectivity index (χ2v) is 10.6. The Morgan fingerprint density at radius 2 is 1.76 bits per heavy atom. The molecule has 1 unspecified atom stereocenters. The molecule has 1 atom stereocenters. The van der Waals surface area contributed by atoms with Crippen molar-refractivity contribution in [2.24, 2.45) is 5.92 Å². The first kappa shape index (κ1) is 26.9. The molecule has 37 heavy (non-hydrogen) atoms. The molecule has 2 aromatic carbocycles. The number of fused-ring (bicyclic) bond motifs is 1. The summed E-state index contributed by atoms with van der Waals surface area (Å²) in [6.07, 6.45) is 15.8. The first-order chi connectivity index (χ1) is 18.0. The van der Waals surface area contributed by atoms with Crippen molar-refractivity contribution < 1.29 is 4.79 Å². The Kier molecular flexibility index (Phi) is 9.78. The Morgan fingerprint density at radius 1 is 0.973 bits per heavy atom. The topological polar surface area (TPSA) is 46.1 Å². The molecule has 4 heteroatoms. The molecule has 2 heterocycles. The Bertz CT molecular complexity index is 1240. The number of carbonyl (C=O) groups is 1. The van der Waals surface area contributed by atoms with Gasteiger partial charge in [0.15, 0.2) is 0 Å². The highest BCUT2D eigenvalue weighted by Gasteiger charge is 2.14. The third-order valence-corrected chi connectivity index (χ3v) is 7.12. The fourth-order valence-corrected chi connectivity index (χ4v) is 4.92. The number of rotatable bonds is 8. The number of aryl methyl sites for hydroxylation is 2. The molecular weight excluding hydrogens is 454 g/mol. The van der Waals surface area contributed by atoms with Gasteiger partial charge in [0.1, 0.15) is 5.78 Å². The fraction of sp³-hybridized carbons (Fsp3) is 0.424. The van der Waals surface area contributed by atoms with Crippen molar-refractivity contribution in [1.29, 1.82) is 0 Å². The molecule has 0 saturated carbocycles. The van der Waals surface area contributed by atoms with E-state index in [1.807, 2.05) is 0 Å². The van der Waals surface area contributed by atoms with Gasteiger partial charge in [-0.25, -0.2) is 9.97 Å². The predicted octanol–water partition coefficient (Wildman–Crippen LogP) is 7.64. The van der Waals surface area contributed by atoms with Gasteiger partial charge in [-0.15, -0.1) is 0 Å². The maximum absolute atomic E-state index is 11.3. The molecule has 0 spiro atoms. The van der Waals surface area contributed by atoms with Crippen molar-refractivity contribution in [3.63, 3.8) is 0 Å². The summed E-state index contributed by atoms with van der Waals surface area (Å²) in [7, 11) is 0. The second kappa shape index (κ2) is 13.4. The molecule has 1 aromatic heterocycles. The minimum Gasteiger partial charge on any atom is -0.300 e. The van der Waals surface area contributed by atoms with E-state index in [0.717, 1.165) is 59.7 Å². The summed E-state index contributed by atoms with van der Waals surface area (Å²) in [5, 5.41) is 0. The maximum Gasteiger partial charge on any atom is 0.129 e. The van der Waals surface area contributed by atoms with Crippen LogP contribution in [0.25, 0.3) is 22.3 Å². The second-order valence-electron chi connectivity index (χ2n) is 10.6. The van der Waals surface area contributed by atoms with Crippen LogP contribution < -0.4 is 0 Å². The summed E-state index contributed by atoms with van der Waals surface area (Å²) < 4.78 is 0. The molecule has 1 aliphatic heterocycles. The van der Waals surface area contributed by atoms with Crippen molar-refractivity contribution in [1.82, 2.24) is 14.9 Å². The summed E-state index contributed by atoms with van der Waals surface area (Å²) in [5.41, 5.74) is 7.59. The van der Waals surface area contributed by atoms with Crippen LogP contribution in [-0.4, -0.2) is 33.7 Å². The summed E-state index contributed by atoms with van der Waals surface area (Å²) >= 11 is 0. The van der Waals surface area contributed by atoms with E-state index in [0.29, 0.717) is 6.42 Å². The van der Waals surface area contributed by atoms with Crippen LogP contribution in [0.3, 0.4) is 0 Å². The molecule has 5 rings (SSSR count). The Balaban J connectivity index is 0.000000396. The highest BCUT2D eigenvalue weighted by molar-refractivity contribution is 5.79. The van der Waals surface area contributed by atoms with E-state index in [1.54, 1.807) is 6.92 Å². The lowest BCUT2D eigenvalue weighted by Crippen LogP contribution is -2.18. The van der Waals surface area contributed by atoms with Crippen LogP contribution in [-0.2, 0) is 17.8 Å². The third kappa shape index (κ3) is 8.19. The van der Waals surface area contributed by atoms with Crippen LogP contribution in [0.4, 0.5) is 0 Å². The van der Waals surface area contributed by atoms with Crippen LogP contribution in [0.1, 0.15) is 69.2 Å². The lowest BCUT2D eigenvalue weighted by atomic mass is 10.0. The molecule has 0 N–H and O–H groups in total. The molecule has 3 aromatic rings. The number of ketones is 1. The zero-order chi connectivity index (χ0) is 26.0. The number of unbranched alkanes of at least 4 members (excludes halogenated alkanes) is 1. The summed E-state index contributed by atoms with van der Waals surface area (Å²) in [4.78, 5) is 23.9. The molecular formula is C33H41N3O. The number of nitrogens with zero attached hydrogens (tertiary/aromatic N) is 3. The highest BCUT2D eigenvalue weighted by Crippen LogP contribution is 2.26. The number of benzene rings is 2. The lowest BCUT2D eigenvalue weighted by molar-refractivity contribution is -0.117. The van der Waals surface area contributed by atoms with Crippen molar-refractivity contribution in [3.8, 4) is 11.3 Å². The standard InChI is InChI=1S/C26H31N3O.C7H10/c1-19-9-12-22(13-10-19)26-24(8-4-3-7-20(2)30)27-25-17-21(11-14-23(25)28-26)18-29-15-5-6-16-29;1-7-5-3-2-4-6-7/h9-14,17H,3-8,15-16,18H2,1-2H3;2-5,7H,6H2,1H3. The monoisotopic (exact) mass is 495 g/mol. The number of carbonyl (C=O) groups excluding carboxylic acids is 1. The third-order valence-electron chi connectivity index (χ3n) is 7.12. The van der Waals surface area contributed by atoms with E-state index in [4.69, 9.17) is 9.97 Å². The van der Waals surface area contributed by atoms with E-state index in [2.05, 4.69) is 85.5 Å². The number of hydrogen-bond acceptors (Lipinski definition) is 4. The molecule has 0 radical (unpaired) electrons. The first-order valence-electron chi connectivity index (χ1n) is 13.9. The SMILES string of the molecule is CC(=O)CCCCc1nc2cc(CN3CCCC3)ccc2nc1-c1ccc(C)cc1.CC1C=CC=CC1. The Morgan fingerprint density at radius 3 is 2.41 bits per heavy atom. The van der Waals surface area contributed by atoms with Crippen LogP contribution >= 0.6 is 0 Å². The quantitative estimate of drug-likeness (QED) is 0.301. The van der Waals surface area contributed by atoms with Gasteiger partial charge in [0, 0.05) is 18.5 Å². The lowest BCUT2D eigenvalue weighted by Gasteiger charge is -2.15. The number of aromatic nitrogens is 2. The van der Waals surface area contributed by atoms with Gasteiger partial charge in [-0.1, -0.05) is 67.1 Å². The molecule has 194 valence electrons. The van der Waals surface area contributed by atoms with E-state index >= 15 is 0 Å². The molecule has 1 aliphatic carbocycles. The van der Waals surface area contributed by atoms with Gasteiger partial charge in [-0.05, 0) is 89.1 Å². The van der Waals surface area contributed by atoms with Gasteiger partial charge in [0.05, 0.1) is 22.4 Å². The highest BCUT2D eigenvalue weighted by atomic mass is 16.1. The molecule has 1 fully saturated rings. The number of allylic oxidation sites excluding steroid dienone is 4. The van der Waals surface area contributed by atoms with Crippen molar-refractivity contribution >= 4 is 16.8 Å². The Hall–Kier alpha value is -3.11. The van der Waals surface area contributed by atoms with Gasteiger partial charge in [0.2, 0.25) is 0 Å².